The number of ketones is 1. The Balaban J connectivity index is 2.06. The van der Waals surface area contributed by atoms with Crippen molar-refractivity contribution in [2.45, 2.75) is 13.8 Å². The maximum atomic E-state index is 12.0. The molecular formula is C17H16N2O. The van der Waals surface area contributed by atoms with Gasteiger partial charge in [-0.1, -0.05) is 44.2 Å². The van der Waals surface area contributed by atoms with Crippen LogP contribution in [-0.2, 0) is 0 Å². The fourth-order valence-corrected chi connectivity index (χ4v) is 2.23. The molecule has 3 nitrogen and oxygen atoms in total. The summed E-state index contributed by atoms with van der Waals surface area (Å²) in [6.07, 6.45) is 0. The highest BCUT2D eigenvalue weighted by Crippen LogP contribution is 2.22. The number of carbonyl (C=O) groups excluding carboxylic acids is 1. The zero-order valence-electron chi connectivity index (χ0n) is 11.6. The molecule has 2 aromatic carbocycles. The monoisotopic (exact) mass is 264 g/mol. The van der Waals surface area contributed by atoms with E-state index < -0.39 is 0 Å². The highest BCUT2D eigenvalue weighted by Gasteiger charge is 2.12. The second-order valence-electron chi connectivity index (χ2n) is 5.20. The van der Waals surface area contributed by atoms with Gasteiger partial charge in [-0.05, 0) is 18.2 Å². The van der Waals surface area contributed by atoms with E-state index in [1.807, 2.05) is 62.4 Å². The topological polar surface area (TPSA) is 45.8 Å². The number of aromatic nitrogens is 2. The Labute approximate surface area is 117 Å². The molecule has 3 rings (SSSR count). The van der Waals surface area contributed by atoms with Crippen molar-refractivity contribution in [2.24, 2.45) is 5.92 Å². The van der Waals surface area contributed by atoms with Crippen molar-refractivity contribution in [1.29, 1.82) is 0 Å². The fraction of sp³-hybridized carbons (Fsp3) is 0.176. The van der Waals surface area contributed by atoms with Gasteiger partial charge < -0.3 is 4.98 Å². The minimum absolute atomic E-state index is 0.00367. The van der Waals surface area contributed by atoms with E-state index in [1.54, 1.807) is 0 Å². The van der Waals surface area contributed by atoms with Crippen LogP contribution in [0.5, 0.6) is 0 Å². The number of aromatic amines is 1. The minimum Gasteiger partial charge on any atom is -0.338 e. The van der Waals surface area contributed by atoms with Crippen molar-refractivity contribution < 1.29 is 4.79 Å². The number of nitrogens with zero attached hydrogens (tertiary/aromatic N) is 1. The molecule has 1 aromatic heterocycles. The average Bonchev–Trinajstić information content (AvgIpc) is 2.90. The number of H-pyrrole nitrogens is 1. The second kappa shape index (κ2) is 4.93. The lowest BCUT2D eigenvalue weighted by Gasteiger charge is -2.03. The SMILES string of the molecule is CC(C)C(=O)c1ccc2nc(-c3ccccc3)[nH]c2c1. The van der Waals surface area contributed by atoms with Crippen LogP contribution in [0.4, 0.5) is 0 Å². The van der Waals surface area contributed by atoms with Gasteiger partial charge in [0, 0.05) is 17.0 Å². The first-order chi connectivity index (χ1) is 9.65. The molecule has 3 aromatic rings. The van der Waals surface area contributed by atoms with Gasteiger partial charge in [0.25, 0.3) is 0 Å². The van der Waals surface area contributed by atoms with Gasteiger partial charge in [-0.2, -0.15) is 0 Å². The van der Waals surface area contributed by atoms with E-state index in [2.05, 4.69) is 9.97 Å². The lowest BCUT2D eigenvalue weighted by atomic mass is 10.0. The van der Waals surface area contributed by atoms with Gasteiger partial charge in [-0.25, -0.2) is 4.98 Å². The predicted molar refractivity (Wildman–Crippen MR) is 80.7 cm³/mol. The zero-order valence-corrected chi connectivity index (χ0v) is 11.6. The first kappa shape index (κ1) is 12.6. The number of benzene rings is 2. The summed E-state index contributed by atoms with van der Waals surface area (Å²) in [7, 11) is 0. The number of rotatable bonds is 3. The zero-order chi connectivity index (χ0) is 14.1. The molecule has 0 amide bonds. The Hall–Kier alpha value is -2.42. The van der Waals surface area contributed by atoms with Gasteiger partial charge in [0.05, 0.1) is 11.0 Å². The molecule has 1 N–H and O–H groups in total. The maximum absolute atomic E-state index is 12.0. The van der Waals surface area contributed by atoms with E-state index in [0.29, 0.717) is 0 Å². The number of nitrogens with one attached hydrogen (secondary N) is 1. The Bertz CT molecular complexity index is 757. The van der Waals surface area contributed by atoms with Crippen molar-refractivity contribution in [2.75, 3.05) is 0 Å². The predicted octanol–water partition coefficient (Wildman–Crippen LogP) is 4.07. The molecule has 0 spiro atoms. The van der Waals surface area contributed by atoms with Crippen molar-refractivity contribution in [3.63, 3.8) is 0 Å². The first-order valence-corrected chi connectivity index (χ1v) is 6.74. The van der Waals surface area contributed by atoms with Crippen LogP contribution in [0.25, 0.3) is 22.4 Å². The van der Waals surface area contributed by atoms with Crippen LogP contribution in [-0.4, -0.2) is 15.8 Å². The van der Waals surface area contributed by atoms with E-state index in [1.165, 1.54) is 0 Å². The van der Waals surface area contributed by atoms with Gasteiger partial charge in [0.1, 0.15) is 5.82 Å². The highest BCUT2D eigenvalue weighted by atomic mass is 16.1. The van der Waals surface area contributed by atoms with Crippen LogP contribution in [0.2, 0.25) is 0 Å². The summed E-state index contributed by atoms with van der Waals surface area (Å²) >= 11 is 0. The molecule has 100 valence electrons. The molecule has 1 heterocycles. The van der Waals surface area contributed by atoms with Crippen LogP contribution in [0, 0.1) is 5.92 Å². The number of hydrogen-bond acceptors (Lipinski definition) is 2. The number of hydrogen-bond donors (Lipinski definition) is 1. The molecule has 0 radical (unpaired) electrons. The first-order valence-electron chi connectivity index (χ1n) is 6.74. The van der Waals surface area contributed by atoms with Crippen molar-refractivity contribution >= 4 is 16.8 Å². The molecule has 0 aliphatic heterocycles. The Morgan fingerprint density at radius 1 is 1.10 bits per heavy atom. The van der Waals surface area contributed by atoms with E-state index in [0.717, 1.165) is 28.0 Å². The van der Waals surface area contributed by atoms with E-state index in [4.69, 9.17) is 0 Å². The van der Waals surface area contributed by atoms with Crippen molar-refractivity contribution in [3.8, 4) is 11.4 Å². The maximum Gasteiger partial charge on any atom is 0.165 e. The van der Waals surface area contributed by atoms with Gasteiger partial charge in [0.2, 0.25) is 0 Å². The van der Waals surface area contributed by atoms with E-state index in [9.17, 15) is 4.79 Å². The van der Waals surface area contributed by atoms with Crippen LogP contribution in [0.15, 0.2) is 48.5 Å². The van der Waals surface area contributed by atoms with Gasteiger partial charge >= 0.3 is 0 Å². The van der Waals surface area contributed by atoms with Crippen LogP contribution in [0.3, 0.4) is 0 Å². The van der Waals surface area contributed by atoms with E-state index >= 15 is 0 Å². The third-order valence-corrected chi connectivity index (χ3v) is 3.34. The summed E-state index contributed by atoms with van der Waals surface area (Å²) in [6.45, 7) is 3.82. The van der Waals surface area contributed by atoms with Gasteiger partial charge in [-0.15, -0.1) is 0 Å². The Morgan fingerprint density at radius 3 is 2.55 bits per heavy atom. The number of fused-ring (bicyclic) bond motifs is 1. The van der Waals surface area contributed by atoms with Crippen molar-refractivity contribution in [3.05, 3.63) is 54.1 Å². The average molecular weight is 264 g/mol. The smallest absolute Gasteiger partial charge is 0.165 e. The second-order valence-corrected chi connectivity index (χ2v) is 5.20. The molecule has 0 saturated carbocycles. The molecule has 0 aliphatic rings. The Kier molecular flexibility index (Phi) is 3.11. The summed E-state index contributed by atoms with van der Waals surface area (Å²) in [6, 6.07) is 15.6. The third-order valence-electron chi connectivity index (χ3n) is 3.34. The normalized spacial score (nSPS) is 11.2. The van der Waals surface area contributed by atoms with Crippen LogP contribution >= 0.6 is 0 Å². The standard InChI is InChI=1S/C17H16N2O/c1-11(2)16(20)13-8-9-14-15(10-13)19-17(18-14)12-6-4-3-5-7-12/h3-11H,1-2H3,(H,18,19). The molecule has 0 unspecified atom stereocenters. The number of carbonyl (C=O) groups is 1. The van der Waals surface area contributed by atoms with Crippen LogP contribution in [0.1, 0.15) is 24.2 Å². The molecule has 0 fully saturated rings. The molecule has 0 bridgehead atoms. The molecule has 20 heavy (non-hydrogen) atoms. The molecule has 0 atom stereocenters. The van der Waals surface area contributed by atoms with Gasteiger partial charge in [0.15, 0.2) is 5.78 Å². The summed E-state index contributed by atoms with van der Waals surface area (Å²) < 4.78 is 0. The molecule has 0 aliphatic carbocycles. The Morgan fingerprint density at radius 2 is 1.85 bits per heavy atom. The highest BCUT2D eigenvalue weighted by molar-refractivity contribution is 6.00. The summed E-state index contributed by atoms with van der Waals surface area (Å²) in [5.74, 6) is 0.987. The lowest BCUT2D eigenvalue weighted by molar-refractivity contribution is 0.0939. The lowest BCUT2D eigenvalue weighted by Crippen LogP contribution is -2.06. The number of Topliss-reactive ketones (excluding diaryl/α,β-unsaturated/α-hetero) is 1. The largest absolute Gasteiger partial charge is 0.338 e. The fourth-order valence-electron chi connectivity index (χ4n) is 2.23. The molecular weight excluding hydrogens is 248 g/mol. The van der Waals surface area contributed by atoms with E-state index in [-0.39, 0.29) is 11.7 Å². The van der Waals surface area contributed by atoms with Crippen LogP contribution < -0.4 is 0 Å². The summed E-state index contributed by atoms with van der Waals surface area (Å²) in [5.41, 5.74) is 3.55. The third kappa shape index (κ3) is 2.23. The summed E-state index contributed by atoms with van der Waals surface area (Å²) in [4.78, 5) is 19.9. The number of imidazole rings is 1. The molecule has 3 heteroatoms. The van der Waals surface area contributed by atoms with Gasteiger partial charge in [-0.3, -0.25) is 4.79 Å². The summed E-state index contributed by atoms with van der Waals surface area (Å²) in [5, 5.41) is 0. The molecule has 0 saturated heterocycles. The quantitative estimate of drug-likeness (QED) is 0.725. The minimum atomic E-state index is 0.00367. The van der Waals surface area contributed by atoms with Crippen molar-refractivity contribution in [1.82, 2.24) is 9.97 Å².